The Hall–Kier alpha value is -3.08. The molecule has 0 saturated carbocycles. The molecule has 1 aliphatic rings. The van der Waals surface area contributed by atoms with E-state index in [1.54, 1.807) is 0 Å². The van der Waals surface area contributed by atoms with Crippen molar-refractivity contribution < 1.29 is 27.5 Å². The SMILES string of the molecule is CN(C)CCCN1C(=O)C(=O)C(=C(O)c2ccc(S(=O)(=O)N(C)C)cc2)C1c1ccc(F)cc1. The van der Waals surface area contributed by atoms with Crippen LogP contribution in [0.25, 0.3) is 5.76 Å². The first-order valence-corrected chi connectivity index (χ1v) is 12.1. The summed E-state index contributed by atoms with van der Waals surface area (Å²) in [5.74, 6) is -2.48. The van der Waals surface area contributed by atoms with E-state index in [-0.39, 0.29) is 22.6 Å². The van der Waals surface area contributed by atoms with Gasteiger partial charge in [0.2, 0.25) is 10.0 Å². The molecular weight excluding hydrogens is 461 g/mol. The minimum absolute atomic E-state index is 0.0215. The van der Waals surface area contributed by atoms with Crippen LogP contribution in [0, 0.1) is 5.82 Å². The van der Waals surface area contributed by atoms with Gasteiger partial charge in [-0.3, -0.25) is 9.59 Å². The molecule has 2 aromatic carbocycles. The lowest BCUT2D eigenvalue weighted by molar-refractivity contribution is -0.139. The maximum Gasteiger partial charge on any atom is 0.295 e. The standard InChI is InChI=1S/C24H28FN3O5S/c1-26(2)14-5-15-28-21(16-6-10-18(25)11-7-16)20(23(30)24(28)31)22(29)17-8-12-19(13-9-17)34(32,33)27(3)4/h6-13,21,29H,5,14-15H2,1-4H3. The molecule has 0 radical (unpaired) electrons. The topological polar surface area (TPSA) is 98.2 Å². The maximum atomic E-state index is 13.6. The number of hydrogen-bond acceptors (Lipinski definition) is 6. The lowest BCUT2D eigenvalue weighted by Gasteiger charge is -2.26. The highest BCUT2D eigenvalue weighted by Crippen LogP contribution is 2.39. The Balaban J connectivity index is 2.08. The Morgan fingerprint density at radius 1 is 1.00 bits per heavy atom. The molecule has 1 unspecified atom stereocenters. The summed E-state index contributed by atoms with van der Waals surface area (Å²) in [5.41, 5.74) is 0.555. The average Bonchev–Trinajstić information content (AvgIpc) is 3.04. The number of nitrogens with zero attached hydrogens (tertiary/aromatic N) is 3. The quantitative estimate of drug-likeness (QED) is 0.348. The second kappa shape index (κ2) is 10.0. The number of carbonyl (C=O) groups is 2. The number of sulfonamides is 1. The third-order valence-corrected chi connectivity index (χ3v) is 7.47. The zero-order valence-corrected chi connectivity index (χ0v) is 20.3. The summed E-state index contributed by atoms with van der Waals surface area (Å²) in [5, 5.41) is 11.1. The maximum absolute atomic E-state index is 13.6. The van der Waals surface area contributed by atoms with Crippen molar-refractivity contribution in [2.45, 2.75) is 17.4 Å². The number of amides is 1. The van der Waals surface area contributed by atoms with Crippen LogP contribution < -0.4 is 0 Å². The number of hydrogen-bond donors (Lipinski definition) is 1. The fourth-order valence-electron chi connectivity index (χ4n) is 3.81. The van der Waals surface area contributed by atoms with Crippen molar-refractivity contribution in [3.05, 3.63) is 71.0 Å². The Morgan fingerprint density at radius 3 is 2.12 bits per heavy atom. The Kier molecular flexibility index (Phi) is 7.54. The van der Waals surface area contributed by atoms with Crippen molar-refractivity contribution >= 4 is 27.5 Å². The van der Waals surface area contributed by atoms with Crippen LogP contribution in [-0.4, -0.2) is 80.6 Å². The monoisotopic (exact) mass is 489 g/mol. The molecular formula is C24H28FN3O5S. The summed E-state index contributed by atoms with van der Waals surface area (Å²) in [7, 11) is 2.93. The van der Waals surface area contributed by atoms with Gasteiger partial charge >= 0.3 is 0 Å². The predicted molar refractivity (Wildman–Crippen MR) is 126 cm³/mol. The molecule has 8 nitrogen and oxygen atoms in total. The molecule has 0 aliphatic carbocycles. The fourth-order valence-corrected chi connectivity index (χ4v) is 4.71. The molecule has 0 aromatic heterocycles. The Morgan fingerprint density at radius 2 is 1.59 bits per heavy atom. The first-order valence-electron chi connectivity index (χ1n) is 10.7. The third kappa shape index (κ3) is 5.03. The van der Waals surface area contributed by atoms with Crippen LogP contribution in [0.1, 0.15) is 23.6 Å². The second-order valence-electron chi connectivity index (χ2n) is 8.51. The van der Waals surface area contributed by atoms with E-state index in [9.17, 15) is 27.5 Å². The van der Waals surface area contributed by atoms with Crippen molar-refractivity contribution in [1.29, 1.82) is 0 Å². The highest BCUT2D eigenvalue weighted by molar-refractivity contribution is 7.89. The normalized spacial score (nSPS) is 18.3. The van der Waals surface area contributed by atoms with E-state index >= 15 is 0 Å². The molecule has 1 atom stereocenters. The Labute approximate surface area is 198 Å². The number of rotatable bonds is 8. The first kappa shape index (κ1) is 25.5. The van der Waals surface area contributed by atoms with Gasteiger partial charge in [0.25, 0.3) is 11.7 Å². The van der Waals surface area contributed by atoms with Gasteiger partial charge in [-0.2, -0.15) is 0 Å². The van der Waals surface area contributed by atoms with Crippen LogP contribution in [0.5, 0.6) is 0 Å². The van der Waals surface area contributed by atoms with Crippen LogP contribution in [0.3, 0.4) is 0 Å². The number of aliphatic hydroxyl groups excluding tert-OH is 1. The van der Waals surface area contributed by atoms with Gasteiger partial charge in [0.1, 0.15) is 11.6 Å². The largest absolute Gasteiger partial charge is 0.507 e. The average molecular weight is 490 g/mol. The predicted octanol–water partition coefficient (Wildman–Crippen LogP) is 2.45. The molecule has 1 fully saturated rings. The van der Waals surface area contributed by atoms with Crippen molar-refractivity contribution in [3.8, 4) is 0 Å². The molecule has 34 heavy (non-hydrogen) atoms. The summed E-state index contributed by atoms with van der Waals surface area (Å²) in [6, 6.07) is 9.93. The number of aliphatic hydroxyl groups is 1. The second-order valence-corrected chi connectivity index (χ2v) is 10.7. The summed E-state index contributed by atoms with van der Waals surface area (Å²) in [4.78, 5) is 29.3. The molecule has 1 saturated heterocycles. The van der Waals surface area contributed by atoms with Crippen LogP contribution in [-0.2, 0) is 19.6 Å². The number of ketones is 1. The molecule has 10 heteroatoms. The minimum atomic E-state index is -3.68. The summed E-state index contributed by atoms with van der Waals surface area (Å²) in [6.45, 7) is 0.947. The number of likely N-dealkylation sites (tertiary alicyclic amines) is 1. The van der Waals surface area contributed by atoms with Gasteiger partial charge in [0.15, 0.2) is 0 Å². The van der Waals surface area contributed by atoms with E-state index in [0.717, 1.165) is 4.31 Å². The first-order chi connectivity index (χ1) is 15.9. The zero-order chi connectivity index (χ0) is 25.2. The van der Waals surface area contributed by atoms with Crippen LogP contribution in [0.2, 0.25) is 0 Å². The Bertz CT molecular complexity index is 1210. The third-order valence-electron chi connectivity index (χ3n) is 5.64. The zero-order valence-electron chi connectivity index (χ0n) is 19.5. The fraction of sp³-hybridized carbons (Fsp3) is 0.333. The minimum Gasteiger partial charge on any atom is -0.507 e. The number of carbonyl (C=O) groups excluding carboxylic acids is 2. The van der Waals surface area contributed by atoms with Gasteiger partial charge in [0.05, 0.1) is 16.5 Å². The lowest BCUT2D eigenvalue weighted by atomic mass is 9.95. The van der Waals surface area contributed by atoms with Gasteiger partial charge in [0, 0.05) is 26.2 Å². The molecule has 2 aromatic rings. The summed E-state index contributed by atoms with van der Waals surface area (Å²) >= 11 is 0. The van der Waals surface area contributed by atoms with E-state index in [1.165, 1.54) is 67.5 Å². The smallest absolute Gasteiger partial charge is 0.295 e. The van der Waals surface area contributed by atoms with E-state index in [4.69, 9.17) is 0 Å². The molecule has 0 spiro atoms. The van der Waals surface area contributed by atoms with Crippen LogP contribution >= 0.6 is 0 Å². The van der Waals surface area contributed by atoms with Crippen LogP contribution in [0.4, 0.5) is 4.39 Å². The van der Waals surface area contributed by atoms with E-state index in [2.05, 4.69) is 0 Å². The number of halogens is 1. The van der Waals surface area contributed by atoms with Crippen molar-refractivity contribution in [3.63, 3.8) is 0 Å². The lowest BCUT2D eigenvalue weighted by Crippen LogP contribution is -2.32. The van der Waals surface area contributed by atoms with Gasteiger partial charge in [-0.05, 0) is 69.0 Å². The van der Waals surface area contributed by atoms with Crippen molar-refractivity contribution in [2.75, 3.05) is 41.3 Å². The van der Waals surface area contributed by atoms with Gasteiger partial charge < -0.3 is 14.9 Å². The summed E-state index contributed by atoms with van der Waals surface area (Å²) < 4.78 is 39.3. The van der Waals surface area contributed by atoms with Gasteiger partial charge in [-0.25, -0.2) is 17.1 Å². The molecule has 1 amide bonds. The highest BCUT2D eigenvalue weighted by atomic mass is 32.2. The molecule has 182 valence electrons. The van der Waals surface area contributed by atoms with Crippen molar-refractivity contribution in [1.82, 2.24) is 14.1 Å². The summed E-state index contributed by atoms with van der Waals surface area (Å²) in [6.07, 6.45) is 0.592. The van der Waals surface area contributed by atoms with Gasteiger partial charge in [-0.15, -0.1) is 0 Å². The van der Waals surface area contributed by atoms with Crippen LogP contribution in [0.15, 0.2) is 59.0 Å². The number of Topliss-reactive ketones (excluding diaryl/α,β-unsaturated/α-hetero) is 1. The van der Waals surface area contributed by atoms with Crippen molar-refractivity contribution in [2.24, 2.45) is 0 Å². The number of benzene rings is 2. The van der Waals surface area contributed by atoms with Gasteiger partial charge in [-0.1, -0.05) is 12.1 Å². The molecule has 0 bridgehead atoms. The molecule has 1 aliphatic heterocycles. The van der Waals surface area contributed by atoms with E-state index < -0.39 is 39.3 Å². The highest BCUT2D eigenvalue weighted by Gasteiger charge is 2.45. The molecule has 1 N–H and O–H groups in total. The molecule has 1 heterocycles. The van der Waals surface area contributed by atoms with E-state index in [1.807, 2.05) is 19.0 Å². The van der Waals surface area contributed by atoms with E-state index in [0.29, 0.717) is 18.5 Å². The molecule has 3 rings (SSSR count).